The van der Waals surface area contributed by atoms with Gasteiger partial charge in [-0.15, -0.1) is 0 Å². The van der Waals surface area contributed by atoms with E-state index in [1.807, 2.05) is 18.2 Å². The number of furan rings is 1. The molecule has 130 valence electrons. The number of fused-ring (bicyclic) bond motifs is 2. The molecule has 0 bridgehead atoms. The maximum atomic E-state index is 12.7. The van der Waals surface area contributed by atoms with Gasteiger partial charge in [0.15, 0.2) is 16.6 Å². The van der Waals surface area contributed by atoms with Crippen molar-refractivity contribution in [2.75, 3.05) is 14.2 Å². The van der Waals surface area contributed by atoms with Crippen LogP contribution in [0.4, 0.5) is 0 Å². The normalized spacial score (nSPS) is 11.5. The van der Waals surface area contributed by atoms with Crippen LogP contribution in [0.25, 0.3) is 34.1 Å². The number of ether oxygens (including phenoxy) is 2. The van der Waals surface area contributed by atoms with Crippen molar-refractivity contribution in [3.63, 3.8) is 0 Å². The molecule has 0 unspecified atom stereocenters. The molecular formula is C20H15NO5. The molecule has 0 saturated heterocycles. The fourth-order valence-corrected chi connectivity index (χ4v) is 2.91. The molecule has 0 radical (unpaired) electrons. The molecule has 6 heteroatoms. The molecule has 0 aliphatic rings. The average molecular weight is 349 g/mol. The standard InChI is InChI=1S/C20H15NO5/c1-23-17-14-8-10-25-18(14)20(24-2)19-16(17)15(22)11-13(26-19)7-6-12-5-3-4-9-21-12/h3-11H,1-2H3/b7-6+. The van der Waals surface area contributed by atoms with Gasteiger partial charge in [-0.2, -0.15) is 0 Å². The van der Waals surface area contributed by atoms with Crippen LogP contribution in [0.5, 0.6) is 11.5 Å². The van der Waals surface area contributed by atoms with E-state index in [0.717, 1.165) is 5.69 Å². The number of hydrogen-bond donors (Lipinski definition) is 0. The van der Waals surface area contributed by atoms with Crippen LogP contribution in [0.2, 0.25) is 0 Å². The molecule has 0 saturated carbocycles. The van der Waals surface area contributed by atoms with Gasteiger partial charge in [-0.25, -0.2) is 0 Å². The van der Waals surface area contributed by atoms with Gasteiger partial charge in [0.1, 0.15) is 16.9 Å². The van der Waals surface area contributed by atoms with Crippen molar-refractivity contribution in [1.29, 1.82) is 0 Å². The van der Waals surface area contributed by atoms with Crippen molar-refractivity contribution in [2.45, 2.75) is 0 Å². The first kappa shape index (κ1) is 16.0. The van der Waals surface area contributed by atoms with Crippen molar-refractivity contribution < 1.29 is 18.3 Å². The summed E-state index contributed by atoms with van der Waals surface area (Å²) in [5, 5.41) is 0.967. The van der Waals surface area contributed by atoms with Gasteiger partial charge in [0.05, 0.1) is 31.6 Å². The Kier molecular flexibility index (Phi) is 3.93. The van der Waals surface area contributed by atoms with E-state index in [0.29, 0.717) is 33.6 Å². The van der Waals surface area contributed by atoms with Gasteiger partial charge in [-0.3, -0.25) is 9.78 Å². The summed E-state index contributed by atoms with van der Waals surface area (Å²) >= 11 is 0. The Hall–Kier alpha value is -3.54. The monoisotopic (exact) mass is 349 g/mol. The van der Waals surface area contributed by atoms with Crippen molar-refractivity contribution >= 4 is 34.1 Å². The Labute approximate surface area is 148 Å². The van der Waals surface area contributed by atoms with Crippen molar-refractivity contribution in [3.05, 3.63) is 64.5 Å². The Morgan fingerprint density at radius 1 is 1.04 bits per heavy atom. The van der Waals surface area contributed by atoms with Crippen LogP contribution in [0.15, 0.2) is 56.4 Å². The minimum atomic E-state index is -0.231. The molecule has 4 rings (SSSR count). The highest BCUT2D eigenvalue weighted by Gasteiger charge is 2.22. The summed E-state index contributed by atoms with van der Waals surface area (Å²) in [7, 11) is 3.00. The van der Waals surface area contributed by atoms with E-state index in [-0.39, 0.29) is 11.0 Å². The lowest BCUT2D eigenvalue weighted by atomic mass is 10.1. The highest BCUT2D eigenvalue weighted by Crippen LogP contribution is 2.42. The van der Waals surface area contributed by atoms with Crippen molar-refractivity contribution in [3.8, 4) is 11.5 Å². The number of rotatable bonds is 4. The Morgan fingerprint density at radius 3 is 2.62 bits per heavy atom. The topological polar surface area (TPSA) is 74.7 Å². The molecule has 0 aliphatic heterocycles. The van der Waals surface area contributed by atoms with Crippen LogP contribution in [-0.2, 0) is 0 Å². The minimum Gasteiger partial charge on any atom is -0.495 e. The number of aromatic nitrogens is 1. The average Bonchev–Trinajstić information content (AvgIpc) is 3.14. The second kappa shape index (κ2) is 6.40. The van der Waals surface area contributed by atoms with Crippen LogP contribution >= 0.6 is 0 Å². The summed E-state index contributed by atoms with van der Waals surface area (Å²) in [6.07, 6.45) is 6.65. The summed E-state index contributed by atoms with van der Waals surface area (Å²) < 4.78 is 22.3. The fraction of sp³-hybridized carbons (Fsp3) is 0.100. The van der Waals surface area contributed by atoms with Gasteiger partial charge in [0.25, 0.3) is 0 Å². The maximum Gasteiger partial charge on any atom is 0.206 e. The van der Waals surface area contributed by atoms with Gasteiger partial charge in [-0.05, 0) is 30.4 Å². The van der Waals surface area contributed by atoms with Crippen LogP contribution in [0.3, 0.4) is 0 Å². The zero-order valence-electron chi connectivity index (χ0n) is 14.2. The predicted octanol–water partition coefficient (Wildman–Crippen LogP) is 4.12. The summed E-state index contributed by atoms with van der Waals surface area (Å²) in [6, 6.07) is 8.70. The fourth-order valence-electron chi connectivity index (χ4n) is 2.91. The second-order valence-electron chi connectivity index (χ2n) is 5.53. The molecule has 0 amide bonds. The molecule has 0 aliphatic carbocycles. The van der Waals surface area contributed by atoms with E-state index in [4.69, 9.17) is 18.3 Å². The van der Waals surface area contributed by atoms with Gasteiger partial charge in [0, 0.05) is 12.3 Å². The lowest BCUT2D eigenvalue weighted by Crippen LogP contribution is -2.04. The predicted molar refractivity (Wildman–Crippen MR) is 98.5 cm³/mol. The minimum absolute atomic E-state index is 0.231. The molecule has 3 heterocycles. The van der Waals surface area contributed by atoms with E-state index in [1.54, 1.807) is 24.4 Å². The molecule has 0 fully saturated rings. The van der Waals surface area contributed by atoms with Gasteiger partial charge in [-0.1, -0.05) is 6.07 Å². The van der Waals surface area contributed by atoms with E-state index in [9.17, 15) is 4.79 Å². The van der Waals surface area contributed by atoms with E-state index < -0.39 is 0 Å². The zero-order chi connectivity index (χ0) is 18.1. The molecule has 26 heavy (non-hydrogen) atoms. The largest absolute Gasteiger partial charge is 0.495 e. The number of methoxy groups -OCH3 is 2. The van der Waals surface area contributed by atoms with Crippen LogP contribution < -0.4 is 14.9 Å². The summed E-state index contributed by atoms with van der Waals surface area (Å²) in [6.45, 7) is 0. The lowest BCUT2D eigenvalue weighted by Gasteiger charge is -2.10. The summed E-state index contributed by atoms with van der Waals surface area (Å²) in [4.78, 5) is 17.0. The van der Waals surface area contributed by atoms with Gasteiger partial charge in [0.2, 0.25) is 5.75 Å². The van der Waals surface area contributed by atoms with Gasteiger partial charge >= 0.3 is 0 Å². The Bertz CT molecular complexity index is 1170. The number of nitrogens with zero attached hydrogens (tertiary/aromatic N) is 1. The molecule has 3 aromatic heterocycles. The van der Waals surface area contributed by atoms with E-state index in [1.165, 1.54) is 26.5 Å². The number of hydrogen-bond acceptors (Lipinski definition) is 6. The summed E-state index contributed by atoms with van der Waals surface area (Å²) in [5.74, 6) is 1.13. The quantitative estimate of drug-likeness (QED) is 0.552. The highest BCUT2D eigenvalue weighted by atomic mass is 16.5. The molecule has 6 nitrogen and oxygen atoms in total. The van der Waals surface area contributed by atoms with E-state index >= 15 is 0 Å². The first-order chi connectivity index (χ1) is 12.7. The molecular weight excluding hydrogens is 334 g/mol. The second-order valence-corrected chi connectivity index (χ2v) is 5.53. The van der Waals surface area contributed by atoms with Crippen molar-refractivity contribution in [2.24, 2.45) is 0 Å². The Morgan fingerprint density at radius 2 is 1.88 bits per heavy atom. The smallest absolute Gasteiger partial charge is 0.206 e. The van der Waals surface area contributed by atoms with Crippen molar-refractivity contribution in [1.82, 2.24) is 4.98 Å². The Balaban J connectivity index is 1.98. The highest BCUT2D eigenvalue weighted by molar-refractivity contribution is 6.06. The SMILES string of the molecule is COc1c2occc2c(OC)c2c(=O)cc(/C=C/c3ccccn3)oc12. The van der Waals surface area contributed by atoms with Crippen LogP contribution in [0.1, 0.15) is 11.5 Å². The summed E-state index contributed by atoms with van der Waals surface area (Å²) in [5.41, 5.74) is 1.26. The molecule has 0 N–H and O–H groups in total. The van der Waals surface area contributed by atoms with E-state index in [2.05, 4.69) is 4.98 Å². The van der Waals surface area contributed by atoms with Crippen LogP contribution in [0, 0.1) is 0 Å². The number of benzene rings is 1. The lowest BCUT2D eigenvalue weighted by molar-refractivity contribution is 0.400. The molecule has 0 spiro atoms. The third-order valence-corrected chi connectivity index (χ3v) is 4.03. The van der Waals surface area contributed by atoms with Gasteiger partial charge < -0.3 is 18.3 Å². The molecule has 4 aromatic rings. The zero-order valence-corrected chi connectivity index (χ0v) is 14.2. The number of pyridine rings is 1. The molecule has 1 aromatic carbocycles. The molecule has 0 atom stereocenters. The third kappa shape index (κ3) is 2.52. The maximum absolute atomic E-state index is 12.7. The van der Waals surface area contributed by atoms with Crippen LogP contribution in [-0.4, -0.2) is 19.2 Å². The first-order valence-corrected chi connectivity index (χ1v) is 7.91. The first-order valence-electron chi connectivity index (χ1n) is 7.91. The third-order valence-electron chi connectivity index (χ3n) is 4.03.